The number of thiazole rings is 1. The average Bonchev–Trinajstić information content (AvgIpc) is 3.53. The molecule has 0 saturated heterocycles. The van der Waals surface area contributed by atoms with Gasteiger partial charge in [0.15, 0.2) is 0 Å². The van der Waals surface area contributed by atoms with Gasteiger partial charge in [-0.1, -0.05) is 60.7 Å². The van der Waals surface area contributed by atoms with Crippen molar-refractivity contribution in [3.05, 3.63) is 96.1 Å². The number of imidazole rings is 1. The summed E-state index contributed by atoms with van der Waals surface area (Å²) in [4.78, 5) is 22.7. The maximum Gasteiger partial charge on any atom is 0.258 e. The molecule has 8 heteroatoms. The Morgan fingerprint density at radius 3 is 2.44 bits per heavy atom. The van der Waals surface area contributed by atoms with Gasteiger partial charge in [-0.25, -0.2) is 9.50 Å². The molecule has 0 aliphatic rings. The van der Waals surface area contributed by atoms with Gasteiger partial charge in [-0.15, -0.1) is 16.4 Å². The van der Waals surface area contributed by atoms with Crippen molar-refractivity contribution in [2.45, 2.75) is 0 Å². The maximum atomic E-state index is 12.9. The van der Waals surface area contributed by atoms with Crippen molar-refractivity contribution in [1.29, 1.82) is 0 Å². The maximum absolute atomic E-state index is 12.9. The van der Waals surface area contributed by atoms with E-state index in [1.807, 2.05) is 82.8 Å². The monoisotopic (exact) mass is 436 g/mol. The summed E-state index contributed by atoms with van der Waals surface area (Å²) in [5.41, 5.74) is 5.04. The van der Waals surface area contributed by atoms with Crippen LogP contribution in [0.4, 0.5) is 5.95 Å². The summed E-state index contributed by atoms with van der Waals surface area (Å²) in [6.45, 7) is 0. The number of anilines is 1. The van der Waals surface area contributed by atoms with Gasteiger partial charge in [0.05, 0.1) is 11.4 Å². The van der Waals surface area contributed by atoms with Gasteiger partial charge < -0.3 is 4.40 Å². The van der Waals surface area contributed by atoms with E-state index in [2.05, 4.69) is 20.4 Å². The predicted molar refractivity (Wildman–Crippen MR) is 125 cm³/mol. The first-order valence-electron chi connectivity index (χ1n) is 10.00. The van der Waals surface area contributed by atoms with Crippen molar-refractivity contribution >= 4 is 33.8 Å². The molecule has 1 amide bonds. The Labute approximate surface area is 186 Å². The smallest absolute Gasteiger partial charge is 0.258 e. The lowest BCUT2D eigenvalue weighted by Gasteiger charge is -2.02. The zero-order valence-electron chi connectivity index (χ0n) is 16.7. The Morgan fingerprint density at radius 2 is 1.66 bits per heavy atom. The van der Waals surface area contributed by atoms with Crippen LogP contribution in [-0.4, -0.2) is 29.9 Å². The minimum Gasteiger partial charge on any atom is -0.306 e. The fourth-order valence-electron chi connectivity index (χ4n) is 3.59. The van der Waals surface area contributed by atoms with E-state index in [4.69, 9.17) is 0 Å². The van der Waals surface area contributed by atoms with Crippen LogP contribution in [0, 0.1) is 0 Å². The van der Waals surface area contributed by atoms with E-state index in [1.54, 1.807) is 16.6 Å². The number of aromatic nitrogens is 5. The molecule has 4 heterocycles. The van der Waals surface area contributed by atoms with Gasteiger partial charge in [0.1, 0.15) is 5.65 Å². The molecule has 0 aliphatic carbocycles. The minimum absolute atomic E-state index is 0.271. The number of benzene rings is 2. The highest BCUT2D eigenvalue weighted by Crippen LogP contribution is 2.26. The van der Waals surface area contributed by atoms with Crippen molar-refractivity contribution in [3.63, 3.8) is 0 Å². The molecule has 0 atom stereocenters. The second-order valence-electron chi connectivity index (χ2n) is 7.24. The first-order valence-corrected chi connectivity index (χ1v) is 10.9. The molecule has 154 valence electrons. The van der Waals surface area contributed by atoms with E-state index in [-0.39, 0.29) is 11.9 Å². The summed E-state index contributed by atoms with van der Waals surface area (Å²) >= 11 is 1.48. The number of nitrogens with one attached hydrogen (secondary N) is 1. The molecule has 0 unspecified atom stereocenters. The normalized spacial score (nSPS) is 11.2. The molecule has 2 aromatic carbocycles. The highest BCUT2D eigenvalue weighted by molar-refractivity contribution is 7.15. The highest BCUT2D eigenvalue weighted by atomic mass is 32.1. The third-order valence-corrected chi connectivity index (χ3v) is 5.98. The van der Waals surface area contributed by atoms with Crippen LogP contribution in [0.5, 0.6) is 0 Å². The van der Waals surface area contributed by atoms with E-state index in [0.29, 0.717) is 11.2 Å². The SMILES string of the molecule is O=C(Nc1nc2scc(-c3ccccc3)n2n1)c1ccn2cc(-c3ccccc3)nc2c1. The Hall–Kier alpha value is -4.30. The Bertz CT molecular complexity index is 1570. The molecule has 0 fully saturated rings. The fraction of sp³-hybridized carbons (Fsp3) is 0. The molecule has 7 nitrogen and oxygen atoms in total. The lowest BCUT2D eigenvalue weighted by Crippen LogP contribution is -2.13. The Kier molecular flexibility index (Phi) is 4.29. The van der Waals surface area contributed by atoms with Crippen molar-refractivity contribution < 1.29 is 4.79 Å². The number of amides is 1. The first-order chi connectivity index (χ1) is 15.7. The Balaban J connectivity index is 1.28. The van der Waals surface area contributed by atoms with Crippen LogP contribution in [-0.2, 0) is 0 Å². The van der Waals surface area contributed by atoms with Crippen LogP contribution in [0.25, 0.3) is 33.1 Å². The summed E-state index contributed by atoms with van der Waals surface area (Å²) in [5, 5.41) is 9.29. The van der Waals surface area contributed by atoms with Crippen LogP contribution in [0.3, 0.4) is 0 Å². The number of fused-ring (bicyclic) bond motifs is 2. The number of nitrogens with zero attached hydrogens (tertiary/aromatic N) is 5. The van der Waals surface area contributed by atoms with Gasteiger partial charge in [-0.3, -0.25) is 10.1 Å². The topological polar surface area (TPSA) is 76.6 Å². The average molecular weight is 437 g/mol. The number of rotatable bonds is 4. The largest absolute Gasteiger partial charge is 0.306 e. The van der Waals surface area contributed by atoms with Gasteiger partial charge in [0.2, 0.25) is 4.96 Å². The zero-order valence-corrected chi connectivity index (χ0v) is 17.5. The van der Waals surface area contributed by atoms with Crippen molar-refractivity contribution in [3.8, 4) is 22.5 Å². The summed E-state index contributed by atoms with van der Waals surface area (Å²) in [7, 11) is 0. The molecule has 4 aromatic heterocycles. The Morgan fingerprint density at radius 1 is 0.906 bits per heavy atom. The van der Waals surface area contributed by atoms with Crippen LogP contribution in [0.2, 0.25) is 0 Å². The molecule has 6 rings (SSSR count). The third-order valence-electron chi connectivity index (χ3n) is 5.17. The number of hydrogen-bond acceptors (Lipinski definition) is 5. The number of carbonyl (C=O) groups is 1. The highest BCUT2D eigenvalue weighted by Gasteiger charge is 2.15. The van der Waals surface area contributed by atoms with E-state index in [9.17, 15) is 4.79 Å². The number of carbonyl (C=O) groups excluding carboxylic acids is 1. The van der Waals surface area contributed by atoms with Crippen LogP contribution >= 0.6 is 11.3 Å². The molecule has 32 heavy (non-hydrogen) atoms. The van der Waals surface area contributed by atoms with Gasteiger partial charge >= 0.3 is 0 Å². The van der Waals surface area contributed by atoms with E-state index < -0.39 is 0 Å². The zero-order chi connectivity index (χ0) is 21.5. The standard InChI is InChI=1S/C24H16N6OS/c31-22(18-11-12-29-14-19(25-21(29)13-18)16-7-3-1-4-8-16)26-23-27-24-30(28-23)20(15-32-24)17-9-5-2-6-10-17/h1-15H,(H,26,28,31). The molecular weight excluding hydrogens is 420 g/mol. The van der Waals surface area contributed by atoms with Gasteiger partial charge in [-0.05, 0) is 12.1 Å². The predicted octanol–water partition coefficient (Wildman–Crippen LogP) is 5.02. The van der Waals surface area contributed by atoms with Crippen molar-refractivity contribution in [2.75, 3.05) is 5.32 Å². The molecule has 0 aliphatic heterocycles. The lowest BCUT2D eigenvalue weighted by molar-refractivity contribution is 0.102. The van der Waals surface area contributed by atoms with E-state index >= 15 is 0 Å². The van der Waals surface area contributed by atoms with Gasteiger partial charge in [-0.2, -0.15) is 4.98 Å². The first kappa shape index (κ1) is 18.5. The molecule has 0 spiro atoms. The molecule has 0 radical (unpaired) electrons. The third kappa shape index (κ3) is 3.23. The molecule has 0 bridgehead atoms. The summed E-state index contributed by atoms with van der Waals surface area (Å²) in [6.07, 6.45) is 3.78. The quantitative estimate of drug-likeness (QED) is 0.421. The van der Waals surface area contributed by atoms with Crippen molar-refractivity contribution in [2.24, 2.45) is 0 Å². The van der Waals surface area contributed by atoms with Gasteiger partial charge in [0, 0.05) is 34.5 Å². The molecular formula is C24H16N6OS. The van der Waals surface area contributed by atoms with Gasteiger partial charge in [0.25, 0.3) is 11.9 Å². The summed E-state index contributed by atoms with van der Waals surface area (Å²) in [6, 6.07) is 23.4. The summed E-state index contributed by atoms with van der Waals surface area (Å²) in [5.74, 6) is -0.0107. The summed E-state index contributed by atoms with van der Waals surface area (Å²) < 4.78 is 3.65. The second kappa shape index (κ2) is 7.44. The van der Waals surface area contributed by atoms with Crippen molar-refractivity contribution in [1.82, 2.24) is 24.0 Å². The number of pyridine rings is 1. The second-order valence-corrected chi connectivity index (χ2v) is 8.08. The molecule has 0 saturated carbocycles. The van der Waals surface area contributed by atoms with E-state index in [1.165, 1.54) is 11.3 Å². The van der Waals surface area contributed by atoms with E-state index in [0.717, 1.165) is 27.5 Å². The fourth-order valence-corrected chi connectivity index (χ4v) is 4.42. The number of hydrogen-bond donors (Lipinski definition) is 1. The van der Waals surface area contributed by atoms with Crippen LogP contribution in [0.1, 0.15) is 10.4 Å². The lowest BCUT2D eigenvalue weighted by atomic mass is 10.2. The van der Waals surface area contributed by atoms with Crippen LogP contribution in [0.15, 0.2) is 90.6 Å². The molecule has 1 N–H and O–H groups in total. The molecule has 6 aromatic rings. The van der Waals surface area contributed by atoms with Crippen LogP contribution < -0.4 is 5.32 Å². The minimum atomic E-state index is -0.281.